The van der Waals surface area contributed by atoms with E-state index in [-0.39, 0.29) is 11.8 Å². The molecule has 4 heteroatoms. The van der Waals surface area contributed by atoms with Crippen LogP contribution >= 0.6 is 0 Å². The number of benzene rings is 1. The number of carbonyl (C=O) groups excluding carboxylic acids is 1. The molecule has 1 amide bonds. The van der Waals surface area contributed by atoms with Crippen molar-refractivity contribution in [3.63, 3.8) is 0 Å². The maximum atomic E-state index is 11.2. The highest BCUT2D eigenvalue weighted by Gasteiger charge is 2.22. The van der Waals surface area contributed by atoms with Crippen molar-refractivity contribution in [1.29, 1.82) is 0 Å². The summed E-state index contributed by atoms with van der Waals surface area (Å²) in [5.41, 5.74) is 7.89. The van der Waals surface area contributed by atoms with Crippen LogP contribution in [0.5, 0.6) is 0 Å². The Labute approximate surface area is 127 Å². The summed E-state index contributed by atoms with van der Waals surface area (Å²) in [6, 6.07) is 9.12. The van der Waals surface area contributed by atoms with Crippen LogP contribution in [0, 0.1) is 5.92 Å². The Kier molecular flexibility index (Phi) is 5.62. The summed E-state index contributed by atoms with van der Waals surface area (Å²) in [4.78, 5) is 13.6. The highest BCUT2D eigenvalue weighted by Crippen LogP contribution is 2.20. The van der Waals surface area contributed by atoms with Gasteiger partial charge in [-0.15, -0.1) is 0 Å². The van der Waals surface area contributed by atoms with Crippen molar-refractivity contribution >= 4 is 11.6 Å². The number of carbonyl (C=O) groups is 1. The second-order valence-corrected chi connectivity index (χ2v) is 6.11. The van der Waals surface area contributed by atoms with Crippen molar-refractivity contribution in [2.75, 3.05) is 18.4 Å². The number of hydrogen-bond acceptors (Lipinski definition) is 3. The van der Waals surface area contributed by atoms with Crippen LogP contribution in [0.1, 0.15) is 38.7 Å². The highest BCUT2D eigenvalue weighted by atomic mass is 16.1. The number of primary amides is 1. The molecule has 1 fully saturated rings. The minimum Gasteiger partial charge on any atom is -0.383 e. The molecular weight excluding hydrogens is 262 g/mol. The molecule has 3 N–H and O–H groups in total. The Hall–Kier alpha value is -1.55. The van der Waals surface area contributed by atoms with Gasteiger partial charge in [-0.1, -0.05) is 19.1 Å². The minimum atomic E-state index is -0.144. The van der Waals surface area contributed by atoms with Gasteiger partial charge in [0.1, 0.15) is 0 Å². The van der Waals surface area contributed by atoms with Gasteiger partial charge in [-0.3, -0.25) is 9.69 Å². The topological polar surface area (TPSA) is 58.4 Å². The van der Waals surface area contributed by atoms with Crippen LogP contribution in [0.2, 0.25) is 0 Å². The summed E-state index contributed by atoms with van der Waals surface area (Å²) in [5, 5.41) is 3.51. The number of likely N-dealkylation sites (tertiary alicyclic amines) is 1. The molecule has 21 heavy (non-hydrogen) atoms. The van der Waals surface area contributed by atoms with E-state index in [1.165, 1.54) is 11.3 Å². The molecule has 1 aliphatic heterocycles. The second kappa shape index (κ2) is 7.46. The first-order valence-corrected chi connectivity index (χ1v) is 7.95. The average molecular weight is 289 g/mol. The quantitative estimate of drug-likeness (QED) is 0.846. The lowest BCUT2D eigenvalue weighted by Gasteiger charge is -2.30. The van der Waals surface area contributed by atoms with Gasteiger partial charge >= 0.3 is 0 Å². The predicted molar refractivity (Wildman–Crippen MR) is 87.0 cm³/mol. The molecule has 1 saturated heterocycles. The van der Waals surface area contributed by atoms with E-state index < -0.39 is 0 Å². The van der Waals surface area contributed by atoms with Crippen molar-refractivity contribution < 1.29 is 4.79 Å². The fraction of sp³-hybridized carbons (Fsp3) is 0.588. The zero-order valence-corrected chi connectivity index (χ0v) is 13.1. The molecule has 1 aromatic carbocycles. The molecule has 0 spiro atoms. The van der Waals surface area contributed by atoms with Gasteiger partial charge < -0.3 is 11.1 Å². The number of amides is 1. The number of anilines is 1. The van der Waals surface area contributed by atoms with Crippen molar-refractivity contribution in [1.82, 2.24) is 4.90 Å². The molecule has 1 aromatic rings. The number of nitrogens with zero attached hydrogens (tertiary/aromatic N) is 1. The Balaban J connectivity index is 1.89. The van der Waals surface area contributed by atoms with Gasteiger partial charge in [0.05, 0.1) is 0 Å². The summed E-state index contributed by atoms with van der Waals surface area (Å²) in [6.45, 7) is 7.24. The van der Waals surface area contributed by atoms with E-state index in [1.807, 2.05) is 0 Å². The number of piperidine rings is 1. The first-order valence-electron chi connectivity index (χ1n) is 7.95. The molecule has 0 bridgehead atoms. The Morgan fingerprint density at radius 1 is 1.43 bits per heavy atom. The highest BCUT2D eigenvalue weighted by molar-refractivity contribution is 5.76. The number of nitrogens with two attached hydrogens (primary N) is 1. The molecular formula is C17H27N3O. The summed E-state index contributed by atoms with van der Waals surface area (Å²) >= 11 is 0. The standard InChI is InChI=1S/C17H27N3O/c1-3-13(2)19-16-6-4-5-14(11-16)12-20-9-7-15(8-10-20)17(18)21/h4-6,11,13,15,19H,3,7-10,12H2,1-2H3,(H2,18,21). The third kappa shape index (κ3) is 4.74. The van der Waals surface area contributed by atoms with E-state index in [0.717, 1.165) is 38.9 Å². The maximum Gasteiger partial charge on any atom is 0.220 e. The number of nitrogens with one attached hydrogen (secondary N) is 1. The fourth-order valence-electron chi connectivity index (χ4n) is 2.78. The fourth-order valence-corrected chi connectivity index (χ4v) is 2.78. The average Bonchev–Trinajstić information content (AvgIpc) is 2.48. The Bertz CT molecular complexity index is 467. The minimum absolute atomic E-state index is 0.0691. The molecule has 1 unspecified atom stereocenters. The zero-order valence-electron chi connectivity index (χ0n) is 13.1. The number of rotatable bonds is 6. The van der Waals surface area contributed by atoms with Gasteiger partial charge in [0.25, 0.3) is 0 Å². The van der Waals surface area contributed by atoms with E-state index in [9.17, 15) is 4.79 Å². The molecule has 116 valence electrons. The summed E-state index contributed by atoms with van der Waals surface area (Å²) in [6.07, 6.45) is 2.89. The van der Waals surface area contributed by atoms with Crippen LogP contribution in [-0.2, 0) is 11.3 Å². The van der Waals surface area contributed by atoms with Crippen LogP contribution < -0.4 is 11.1 Å². The van der Waals surface area contributed by atoms with Gasteiger partial charge in [-0.2, -0.15) is 0 Å². The molecule has 0 aromatic heterocycles. The molecule has 1 aliphatic rings. The molecule has 1 atom stereocenters. The van der Waals surface area contributed by atoms with Crippen molar-refractivity contribution in [3.05, 3.63) is 29.8 Å². The largest absolute Gasteiger partial charge is 0.383 e. The Morgan fingerprint density at radius 2 is 2.14 bits per heavy atom. The molecule has 0 aliphatic carbocycles. The third-order valence-electron chi connectivity index (χ3n) is 4.35. The zero-order chi connectivity index (χ0) is 15.2. The van der Waals surface area contributed by atoms with Crippen LogP contribution in [0.3, 0.4) is 0 Å². The van der Waals surface area contributed by atoms with E-state index in [1.54, 1.807) is 0 Å². The van der Waals surface area contributed by atoms with Crippen LogP contribution in [0.15, 0.2) is 24.3 Å². The lowest BCUT2D eigenvalue weighted by Crippen LogP contribution is -2.38. The van der Waals surface area contributed by atoms with E-state index >= 15 is 0 Å². The van der Waals surface area contributed by atoms with Crippen LogP contribution in [-0.4, -0.2) is 29.9 Å². The van der Waals surface area contributed by atoms with Gasteiger partial charge in [-0.25, -0.2) is 0 Å². The molecule has 0 radical (unpaired) electrons. The van der Waals surface area contributed by atoms with Gasteiger partial charge in [0, 0.05) is 24.2 Å². The molecule has 0 saturated carbocycles. The lowest BCUT2D eigenvalue weighted by molar-refractivity contribution is -0.123. The summed E-state index contributed by atoms with van der Waals surface area (Å²) in [5.74, 6) is -0.0749. The maximum absolute atomic E-state index is 11.2. The van der Waals surface area contributed by atoms with E-state index in [4.69, 9.17) is 5.73 Å². The van der Waals surface area contributed by atoms with Crippen LogP contribution in [0.25, 0.3) is 0 Å². The van der Waals surface area contributed by atoms with E-state index in [0.29, 0.717) is 6.04 Å². The molecule has 1 heterocycles. The SMILES string of the molecule is CCC(C)Nc1cccc(CN2CCC(C(N)=O)CC2)c1. The van der Waals surface area contributed by atoms with Gasteiger partial charge in [-0.05, 0) is 57.0 Å². The second-order valence-electron chi connectivity index (χ2n) is 6.11. The summed E-state index contributed by atoms with van der Waals surface area (Å²) in [7, 11) is 0. The summed E-state index contributed by atoms with van der Waals surface area (Å²) < 4.78 is 0. The monoisotopic (exact) mass is 289 g/mol. The first kappa shape index (κ1) is 15.8. The predicted octanol–water partition coefficient (Wildman–Crippen LogP) is 2.59. The van der Waals surface area contributed by atoms with Gasteiger partial charge in [0.15, 0.2) is 0 Å². The Morgan fingerprint density at radius 3 is 2.76 bits per heavy atom. The lowest BCUT2D eigenvalue weighted by atomic mass is 9.96. The van der Waals surface area contributed by atoms with Crippen LogP contribution in [0.4, 0.5) is 5.69 Å². The van der Waals surface area contributed by atoms with Crippen molar-refractivity contribution in [3.8, 4) is 0 Å². The smallest absolute Gasteiger partial charge is 0.220 e. The van der Waals surface area contributed by atoms with Crippen molar-refractivity contribution in [2.45, 2.75) is 45.7 Å². The van der Waals surface area contributed by atoms with Gasteiger partial charge in [0.2, 0.25) is 5.91 Å². The van der Waals surface area contributed by atoms with Crippen molar-refractivity contribution in [2.24, 2.45) is 11.7 Å². The normalized spacial score (nSPS) is 18.4. The number of hydrogen-bond donors (Lipinski definition) is 2. The van der Waals surface area contributed by atoms with E-state index in [2.05, 4.69) is 48.3 Å². The molecule has 2 rings (SSSR count). The third-order valence-corrected chi connectivity index (χ3v) is 4.35. The first-order chi connectivity index (χ1) is 10.1. The molecule has 4 nitrogen and oxygen atoms in total.